The highest BCUT2D eigenvalue weighted by Gasteiger charge is 2.12. The minimum absolute atomic E-state index is 0.0933. The number of carbonyl (C=O) groups excluding carboxylic acids is 2. The summed E-state index contributed by atoms with van der Waals surface area (Å²) in [6, 6.07) is 14.5. The number of ketones is 1. The molecule has 0 heterocycles. The average Bonchev–Trinajstić information content (AvgIpc) is 2.53. The molecule has 23 heavy (non-hydrogen) atoms. The van der Waals surface area contributed by atoms with Crippen molar-refractivity contribution in [1.29, 1.82) is 0 Å². The smallest absolute Gasteiger partial charge is 0.258 e. The summed E-state index contributed by atoms with van der Waals surface area (Å²) in [5, 5.41) is 2.87. The summed E-state index contributed by atoms with van der Waals surface area (Å²) in [6.07, 6.45) is 0. The lowest BCUT2D eigenvalue weighted by molar-refractivity contribution is -0.123. The Morgan fingerprint density at radius 1 is 1.13 bits per heavy atom. The Morgan fingerprint density at radius 3 is 2.43 bits per heavy atom. The van der Waals surface area contributed by atoms with Gasteiger partial charge in [0.25, 0.3) is 5.91 Å². The van der Waals surface area contributed by atoms with E-state index < -0.39 is 0 Å². The van der Waals surface area contributed by atoms with E-state index in [0.717, 1.165) is 10.0 Å². The summed E-state index contributed by atoms with van der Waals surface area (Å²) >= 11 is 3.38. The Morgan fingerprint density at radius 2 is 1.78 bits per heavy atom. The standard InChI is InChI=1S/C18H18BrNO3/c1-12(14-7-9-15(19)10-8-14)20-18(22)11-23-17-6-4-3-5-16(17)13(2)21/h3-10,12H,11H2,1-2H3,(H,20,22). The number of carbonyl (C=O) groups is 2. The van der Waals surface area contributed by atoms with E-state index in [4.69, 9.17) is 4.74 Å². The maximum Gasteiger partial charge on any atom is 0.258 e. The molecule has 120 valence electrons. The van der Waals surface area contributed by atoms with Crippen molar-refractivity contribution in [3.05, 3.63) is 64.1 Å². The van der Waals surface area contributed by atoms with Gasteiger partial charge in [-0.1, -0.05) is 40.2 Å². The molecular formula is C18H18BrNO3. The number of hydrogen-bond acceptors (Lipinski definition) is 3. The number of Topliss-reactive ketones (excluding diaryl/α,β-unsaturated/α-hetero) is 1. The van der Waals surface area contributed by atoms with Gasteiger partial charge in [-0.3, -0.25) is 9.59 Å². The number of hydrogen-bond donors (Lipinski definition) is 1. The van der Waals surface area contributed by atoms with E-state index in [1.54, 1.807) is 24.3 Å². The summed E-state index contributed by atoms with van der Waals surface area (Å²) in [6.45, 7) is 3.24. The maximum absolute atomic E-state index is 12.0. The van der Waals surface area contributed by atoms with Gasteiger partial charge in [-0.05, 0) is 43.7 Å². The topological polar surface area (TPSA) is 55.4 Å². The minimum atomic E-state index is -0.237. The Kier molecular flexibility index (Phi) is 5.93. The number of rotatable bonds is 6. The Labute approximate surface area is 144 Å². The number of amides is 1. The van der Waals surface area contributed by atoms with Gasteiger partial charge in [0.1, 0.15) is 5.75 Å². The van der Waals surface area contributed by atoms with Crippen LogP contribution in [0, 0.1) is 0 Å². The molecule has 1 unspecified atom stereocenters. The van der Waals surface area contributed by atoms with Crippen molar-refractivity contribution in [2.75, 3.05) is 6.61 Å². The first-order chi connectivity index (χ1) is 11.0. The molecule has 2 aromatic carbocycles. The molecule has 1 atom stereocenters. The van der Waals surface area contributed by atoms with Gasteiger partial charge in [0.2, 0.25) is 0 Å². The van der Waals surface area contributed by atoms with E-state index in [9.17, 15) is 9.59 Å². The molecule has 0 bridgehead atoms. The second-order valence-electron chi connectivity index (χ2n) is 5.18. The number of ether oxygens (including phenoxy) is 1. The molecule has 0 aliphatic rings. The summed E-state index contributed by atoms with van der Waals surface area (Å²) in [7, 11) is 0. The van der Waals surface area contributed by atoms with Crippen LogP contribution in [0.15, 0.2) is 53.0 Å². The van der Waals surface area contributed by atoms with Crippen molar-refractivity contribution in [2.45, 2.75) is 19.9 Å². The molecule has 0 spiro atoms. The SMILES string of the molecule is CC(=O)c1ccccc1OCC(=O)NC(C)c1ccc(Br)cc1. The van der Waals surface area contributed by atoms with E-state index in [2.05, 4.69) is 21.2 Å². The molecule has 4 nitrogen and oxygen atoms in total. The predicted molar refractivity (Wildman–Crippen MR) is 92.6 cm³/mol. The van der Waals surface area contributed by atoms with Crippen LogP contribution in [-0.2, 0) is 4.79 Å². The zero-order chi connectivity index (χ0) is 16.8. The van der Waals surface area contributed by atoms with Crippen LogP contribution in [0.1, 0.15) is 35.8 Å². The Balaban J connectivity index is 1.93. The molecular weight excluding hydrogens is 358 g/mol. The van der Waals surface area contributed by atoms with Crippen LogP contribution in [0.5, 0.6) is 5.75 Å². The third kappa shape index (κ3) is 4.93. The van der Waals surface area contributed by atoms with Crippen LogP contribution < -0.4 is 10.1 Å². The van der Waals surface area contributed by atoms with Crippen molar-refractivity contribution in [3.8, 4) is 5.75 Å². The zero-order valence-corrected chi connectivity index (χ0v) is 14.6. The zero-order valence-electron chi connectivity index (χ0n) is 13.0. The molecule has 0 radical (unpaired) electrons. The summed E-state index contributed by atoms with van der Waals surface area (Å²) in [5.74, 6) is 0.0921. The molecule has 1 amide bonds. The summed E-state index contributed by atoms with van der Waals surface area (Å²) in [5.41, 5.74) is 1.48. The lowest BCUT2D eigenvalue weighted by Gasteiger charge is -2.15. The van der Waals surface area contributed by atoms with Crippen molar-refractivity contribution in [1.82, 2.24) is 5.32 Å². The van der Waals surface area contributed by atoms with E-state index in [0.29, 0.717) is 11.3 Å². The fourth-order valence-electron chi connectivity index (χ4n) is 2.14. The van der Waals surface area contributed by atoms with Crippen LogP contribution in [0.4, 0.5) is 0 Å². The highest BCUT2D eigenvalue weighted by Crippen LogP contribution is 2.19. The van der Waals surface area contributed by atoms with Gasteiger partial charge in [-0.15, -0.1) is 0 Å². The summed E-state index contributed by atoms with van der Waals surface area (Å²) < 4.78 is 6.47. The molecule has 5 heteroatoms. The molecule has 0 saturated carbocycles. The van der Waals surface area contributed by atoms with Crippen molar-refractivity contribution in [2.24, 2.45) is 0 Å². The van der Waals surface area contributed by atoms with E-state index in [1.807, 2.05) is 31.2 Å². The Bertz CT molecular complexity index is 698. The van der Waals surface area contributed by atoms with Gasteiger partial charge in [0.05, 0.1) is 11.6 Å². The normalized spacial score (nSPS) is 11.6. The van der Waals surface area contributed by atoms with Gasteiger partial charge in [0, 0.05) is 4.47 Å². The van der Waals surface area contributed by atoms with Crippen molar-refractivity contribution < 1.29 is 14.3 Å². The first-order valence-electron chi connectivity index (χ1n) is 7.25. The second kappa shape index (κ2) is 7.92. The Hall–Kier alpha value is -2.14. The van der Waals surface area contributed by atoms with Gasteiger partial charge >= 0.3 is 0 Å². The first-order valence-corrected chi connectivity index (χ1v) is 8.04. The molecule has 0 aliphatic carbocycles. The molecule has 0 aromatic heterocycles. The van der Waals surface area contributed by atoms with E-state index in [1.165, 1.54) is 6.92 Å². The third-order valence-electron chi connectivity index (χ3n) is 3.37. The van der Waals surface area contributed by atoms with Crippen LogP contribution in [0.2, 0.25) is 0 Å². The fourth-order valence-corrected chi connectivity index (χ4v) is 2.41. The maximum atomic E-state index is 12.0. The monoisotopic (exact) mass is 375 g/mol. The van der Waals surface area contributed by atoms with E-state index in [-0.39, 0.29) is 24.3 Å². The van der Waals surface area contributed by atoms with Gasteiger partial charge in [0.15, 0.2) is 12.4 Å². The van der Waals surface area contributed by atoms with Gasteiger partial charge in [-0.25, -0.2) is 0 Å². The van der Waals surface area contributed by atoms with Crippen molar-refractivity contribution >= 4 is 27.6 Å². The van der Waals surface area contributed by atoms with Crippen LogP contribution >= 0.6 is 15.9 Å². The number of halogens is 1. The van der Waals surface area contributed by atoms with Crippen LogP contribution in [0.3, 0.4) is 0 Å². The third-order valence-corrected chi connectivity index (χ3v) is 3.90. The average molecular weight is 376 g/mol. The molecule has 2 aromatic rings. The lowest BCUT2D eigenvalue weighted by atomic mass is 10.1. The van der Waals surface area contributed by atoms with Gasteiger partial charge in [-0.2, -0.15) is 0 Å². The van der Waals surface area contributed by atoms with Crippen LogP contribution in [-0.4, -0.2) is 18.3 Å². The molecule has 0 fully saturated rings. The van der Waals surface area contributed by atoms with Crippen molar-refractivity contribution in [3.63, 3.8) is 0 Å². The highest BCUT2D eigenvalue weighted by atomic mass is 79.9. The van der Waals surface area contributed by atoms with Crippen LogP contribution in [0.25, 0.3) is 0 Å². The molecule has 2 rings (SSSR count). The molecule has 1 N–H and O–H groups in total. The summed E-state index contributed by atoms with van der Waals surface area (Å²) in [4.78, 5) is 23.5. The fraction of sp³-hybridized carbons (Fsp3) is 0.222. The molecule has 0 aliphatic heterocycles. The second-order valence-corrected chi connectivity index (χ2v) is 6.10. The number of para-hydroxylation sites is 1. The first kappa shape index (κ1) is 17.2. The largest absolute Gasteiger partial charge is 0.483 e. The minimum Gasteiger partial charge on any atom is -0.483 e. The predicted octanol–water partition coefficient (Wildman–Crippen LogP) is 3.91. The quantitative estimate of drug-likeness (QED) is 0.778. The number of benzene rings is 2. The number of nitrogens with one attached hydrogen (secondary N) is 1. The lowest BCUT2D eigenvalue weighted by Crippen LogP contribution is -2.31. The van der Waals surface area contributed by atoms with Gasteiger partial charge < -0.3 is 10.1 Å². The highest BCUT2D eigenvalue weighted by molar-refractivity contribution is 9.10. The van der Waals surface area contributed by atoms with E-state index >= 15 is 0 Å². The molecule has 0 saturated heterocycles.